The van der Waals surface area contributed by atoms with Gasteiger partial charge in [-0.1, -0.05) is 18.2 Å². The van der Waals surface area contributed by atoms with Crippen molar-refractivity contribution < 1.29 is 39.4 Å². The third kappa shape index (κ3) is 3.55. The van der Waals surface area contributed by atoms with E-state index in [4.69, 9.17) is 0 Å². The second-order valence-corrected chi connectivity index (χ2v) is 2.19. The topological polar surface area (TPSA) is 9.23 Å². The Hall–Kier alpha value is -0.741. The van der Waals surface area contributed by atoms with Gasteiger partial charge in [0.1, 0.15) is 12.2 Å². The first-order valence-electron chi connectivity index (χ1n) is 3.32. The van der Waals surface area contributed by atoms with Crippen molar-refractivity contribution in [2.45, 2.75) is 6.11 Å². The van der Waals surface area contributed by atoms with Crippen LogP contribution in [0, 0.1) is 6.43 Å². The Morgan fingerprint density at radius 2 is 1.57 bits per heavy atom. The Kier molecular flexibility index (Phi) is 4.94. The monoisotopic (exact) mass is 256 g/mol. The molecule has 0 aliphatic carbocycles. The average Bonchev–Trinajstić information content (AvgIpc) is 2.05. The van der Waals surface area contributed by atoms with Gasteiger partial charge in [-0.2, -0.15) is 8.78 Å². The number of hydrogen-bond donors (Lipinski definition) is 0. The molecule has 0 aliphatic heterocycles. The molecule has 14 heavy (non-hydrogen) atoms. The smallest absolute Gasteiger partial charge is 0.453 e. The van der Waals surface area contributed by atoms with E-state index in [0.29, 0.717) is 0 Å². The molecule has 0 saturated carbocycles. The molecule has 1 aromatic rings. The minimum atomic E-state index is -4.51. The number of benzene rings is 1. The van der Waals surface area contributed by atoms with Crippen LogP contribution in [0.2, 0.25) is 0 Å². The maximum atomic E-state index is 12.2. The molecule has 0 fully saturated rings. The van der Waals surface area contributed by atoms with E-state index in [2.05, 4.69) is 4.74 Å². The fourth-order valence-electron chi connectivity index (χ4n) is 0.675. The third-order valence-corrected chi connectivity index (χ3v) is 1.21. The Morgan fingerprint density at radius 3 is 2.00 bits per heavy atom. The standard InChI is InChI=1S/C8H5F4O.Cu/c9-7(10)8(11,12)13-6-4-2-1-3-5-6;/h1-5H;/q-1;+1. The van der Waals surface area contributed by atoms with Crippen molar-refractivity contribution in [3.63, 3.8) is 0 Å². The van der Waals surface area contributed by atoms with E-state index in [0.717, 1.165) is 12.1 Å². The fourth-order valence-corrected chi connectivity index (χ4v) is 0.675. The van der Waals surface area contributed by atoms with Crippen molar-refractivity contribution in [1.82, 2.24) is 0 Å². The van der Waals surface area contributed by atoms with Crippen molar-refractivity contribution in [2.75, 3.05) is 0 Å². The van der Waals surface area contributed by atoms with Crippen molar-refractivity contribution in [1.29, 1.82) is 0 Å². The normalized spacial score (nSPS) is 10.9. The molecule has 0 heterocycles. The van der Waals surface area contributed by atoms with E-state index in [9.17, 15) is 17.6 Å². The first-order valence-corrected chi connectivity index (χ1v) is 3.32. The Morgan fingerprint density at radius 1 is 1.07 bits per heavy atom. The van der Waals surface area contributed by atoms with Gasteiger partial charge in [0.2, 0.25) is 0 Å². The molecular weight excluding hydrogens is 252 g/mol. The van der Waals surface area contributed by atoms with Crippen LogP contribution in [-0.2, 0) is 17.1 Å². The van der Waals surface area contributed by atoms with Crippen LogP contribution in [0.5, 0.6) is 5.75 Å². The summed E-state index contributed by atoms with van der Waals surface area (Å²) in [6.45, 7) is 0. The summed E-state index contributed by atoms with van der Waals surface area (Å²) in [4.78, 5) is 0. The summed E-state index contributed by atoms with van der Waals surface area (Å²) in [7, 11) is 0. The Balaban J connectivity index is 0.00000169. The number of alkyl halides is 2. The maximum Gasteiger partial charge on any atom is 1.00 e. The van der Waals surface area contributed by atoms with Crippen molar-refractivity contribution in [3.8, 4) is 5.75 Å². The second kappa shape index (κ2) is 5.22. The van der Waals surface area contributed by atoms with Gasteiger partial charge < -0.3 is 13.5 Å². The molecule has 0 radical (unpaired) electrons. The van der Waals surface area contributed by atoms with Gasteiger partial charge in [-0.15, -0.1) is 0 Å². The van der Waals surface area contributed by atoms with Gasteiger partial charge >= 0.3 is 23.2 Å². The van der Waals surface area contributed by atoms with Crippen molar-refractivity contribution >= 4 is 0 Å². The fraction of sp³-hybridized carbons (Fsp3) is 0.125. The molecule has 0 saturated heterocycles. The SMILES string of the molecule is F[C-](F)C(F)(F)Oc1ccccc1.[Cu+]. The second-order valence-electron chi connectivity index (χ2n) is 2.19. The molecule has 6 heteroatoms. The predicted molar refractivity (Wildman–Crippen MR) is 37.5 cm³/mol. The maximum absolute atomic E-state index is 12.2. The molecule has 0 aliphatic rings. The van der Waals surface area contributed by atoms with Crippen LogP contribution in [0.15, 0.2) is 30.3 Å². The van der Waals surface area contributed by atoms with E-state index in [-0.39, 0.29) is 22.8 Å². The van der Waals surface area contributed by atoms with E-state index in [1.807, 2.05) is 0 Å². The number of hydrogen-bond acceptors (Lipinski definition) is 1. The summed E-state index contributed by atoms with van der Waals surface area (Å²) < 4.78 is 51.3. The predicted octanol–water partition coefficient (Wildman–Crippen LogP) is 3.08. The molecule has 82 valence electrons. The summed E-state index contributed by atoms with van der Waals surface area (Å²) in [5, 5.41) is 0. The van der Waals surface area contributed by atoms with Gasteiger partial charge in [-0.3, -0.25) is 0 Å². The average molecular weight is 257 g/mol. The molecule has 0 atom stereocenters. The van der Waals surface area contributed by atoms with Gasteiger partial charge in [0, 0.05) is 0 Å². The number of rotatable bonds is 3. The minimum Gasteiger partial charge on any atom is -0.453 e. The van der Waals surface area contributed by atoms with Crippen LogP contribution in [0.25, 0.3) is 0 Å². The Labute approximate surface area is 88.5 Å². The molecule has 0 N–H and O–H groups in total. The van der Waals surface area contributed by atoms with Crippen LogP contribution in [0.3, 0.4) is 0 Å². The zero-order chi connectivity index (χ0) is 9.90. The number of ether oxygens (including phenoxy) is 1. The summed E-state index contributed by atoms with van der Waals surface area (Å²) in [6.07, 6.45) is -7.57. The number of halogens is 4. The van der Waals surface area contributed by atoms with E-state index in [1.165, 1.54) is 12.1 Å². The van der Waals surface area contributed by atoms with Crippen LogP contribution in [0.4, 0.5) is 17.6 Å². The van der Waals surface area contributed by atoms with Gasteiger partial charge in [-0.05, 0) is 12.1 Å². The van der Waals surface area contributed by atoms with Crippen molar-refractivity contribution in [2.24, 2.45) is 0 Å². The number of para-hydroxylation sites is 1. The van der Waals surface area contributed by atoms with Gasteiger partial charge in [0.05, 0.1) is 0 Å². The molecule has 0 aromatic heterocycles. The van der Waals surface area contributed by atoms with E-state index in [1.54, 1.807) is 6.07 Å². The third-order valence-electron chi connectivity index (χ3n) is 1.21. The summed E-state index contributed by atoms with van der Waals surface area (Å²) >= 11 is 0. The van der Waals surface area contributed by atoms with Gasteiger partial charge in [0.15, 0.2) is 0 Å². The van der Waals surface area contributed by atoms with Crippen LogP contribution in [-0.4, -0.2) is 6.11 Å². The molecular formula is C8H5CuF4O. The molecule has 0 amide bonds. The largest absolute Gasteiger partial charge is 1.00 e. The molecule has 1 rings (SSSR count). The molecule has 0 spiro atoms. The zero-order valence-electron chi connectivity index (χ0n) is 6.61. The van der Waals surface area contributed by atoms with Gasteiger partial charge in [0.25, 0.3) is 0 Å². The van der Waals surface area contributed by atoms with Gasteiger partial charge in [-0.25, -0.2) is 0 Å². The molecule has 1 nitrogen and oxygen atoms in total. The summed E-state index contributed by atoms with van der Waals surface area (Å²) in [5.41, 5.74) is 0. The minimum absolute atomic E-state index is 0. The van der Waals surface area contributed by atoms with Crippen molar-refractivity contribution in [3.05, 3.63) is 36.8 Å². The van der Waals surface area contributed by atoms with Crippen LogP contribution < -0.4 is 4.74 Å². The zero-order valence-corrected chi connectivity index (χ0v) is 7.55. The summed E-state index contributed by atoms with van der Waals surface area (Å²) in [5.74, 6) is -0.305. The van der Waals surface area contributed by atoms with E-state index >= 15 is 0 Å². The quantitative estimate of drug-likeness (QED) is 0.459. The van der Waals surface area contributed by atoms with Crippen LogP contribution in [0.1, 0.15) is 0 Å². The summed E-state index contributed by atoms with van der Waals surface area (Å²) in [6, 6.07) is 6.69. The first kappa shape index (κ1) is 13.3. The Bertz CT molecular complexity index is 265. The van der Waals surface area contributed by atoms with E-state index < -0.39 is 12.5 Å². The molecule has 0 bridgehead atoms. The molecule has 0 unspecified atom stereocenters. The van der Waals surface area contributed by atoms with Crippen LogP contribution >= 0.6 is 0 Å². The first-order chi connectivity index (χ1) is 6.02. The molecule has 1 aromatic carbocycles.